The summed E-state index contributed by atoms with van der Waals surface area (Å²) in [5.74, 6) is -0.995. The van der Waals surface area contributed by atoms with E-state index in [1.807, 2.05) is 63.7 Å². The number of hydrogen-bond donors (Lipinski definition) is 3. The maximum atomic E-state index is 12.7. The number of rotatable bonds is 39. The number of esters is 2. The molecule has 0 spiro atoms. The van der Waals surface area contributed by atoms with Crippen LogP contribution in [0.15, 0.2) is 85.1 Å². The number of likely N-dealkylation sites (N-methyl/N-ethyl adjacent to an activating group) is 1. The van der Waals surface area contributed by atoms with Crippen LogP contribution in [-0.2, 0) is 32.7 Å². The molecule has 0 aromatic carbocycles. The number of quaternary nitrogens is 1. The minimum absolute atomic E-state index is 0.00653. The van der Waals surface area contributed by atoms with Crippen LogP contribution in [0.4, 0.5) is 0 Å². The lowest BCUT2D eigenvalue weighted by Gasteiger charge is -2.24. The Bertz CT molecular complexity index is 1330. The van der Waals surface area contributed by atoms with E-state index in [0.717, 1.165) is 32.1 Å². The minimum atomic E-state index is -4.43. The van der Waals surface area contributed by atoms with Gasteiger partial charge in [0.2, 0.25) is 0 Å². The van der Waals surface area contributed by atoms with Gasteiger partial charge >= 0.3 is 19.8 Å². The van der Waals surface area contributed by atoms with Crippen molar-refractivity contribution in [2.75, 3.05) is 47.5 Å². The minimum Gasteiger partial charge on any atom is -0.462 e. The second-order valence-corrected chi connectivity index (χ2v) is 17.5. The molecule has 11 nitrogen and oxygen atoms in total. The summed E-state index contributed by atoms with van der Waals surface area (Å²) in [5.41, 5.74) is 0. The van der Waals surface area contributed by atoms with Crippen molar-refractivity contribution >= 4 is 19.8 Å². The second-order valence-electron chi connectivity index (χ2n) is 16.1. The number of ether oxygens (including phenoxy) is 2. The predicted octanol–water partition coefficient (Wildman–Crippen LogP) is 10.7. The molecule has 3 N–H and O–H groups in total. The zero-order valence-corrected chi connectivity index (χ0v) is 38.8. The van der Waals surface area contributed by atoms with E-state index >= 15 is 0 Å². The van der Waals surface area contributed by atoms with Gasteiger partial charge in [0.25, 0.3) is 0 Å². The van der Waals surface area contributed by atoms with E-state index in [2.05, 4.69) is 26.0 Å². The fourth-order valence-corrected chi connectivity index (χ4v) is 6.25. The van der Waals surface area contributed by atoms with E-state index < -0.39 is 44.7 Å². The van der Waals surface area contributed by atoms with E-state index in [9.17, 15) is 29.3 Å². The van der Waals surface area contributed by atoms with Gasteiger partial charge in [-0.3, -0.25) is 18.6 Å². The van der Waals surface area contributed by atoms with Crippen LogP contribution in [0.1, 0.15) is 142 Å². The van der Waals surface area contributed by atoms with E-state index in [1.165, 1.54) is 51.4 Å². The van der Waals surface area contributed by atoms with E-state index in [0.29, 0.717) is 43.1 Å². The molecular weight excluding hydrogens is 781 g/mol. The number of carbonyl (C=O) groups excluding carboxylic acids is 2. The number of unbranched alkanes of at least 4 members (excludes halogenated alkanes) is 12. The Kier molecular flexibility index (Phi) is 37.1. The number of nitrogens with zero attached hydrogens (tertiary/aromatic N) is 1. The number of carbonyl (C=O) groups is 2. The van der Waals surface area contributed by atoms with Gasteiger partial charge in [0.05, 0.1) is 40.0 Å². The molecule has 0 aromatic heterocycles. The van der Waals surface area contributed by atoms with Gasteiger partial charge in [0.1, 0.15) is 19.8 Å². The van der Waals surface area contributed by atoms with E-state index in [-0.39, 0.29) is 26.1 Å². The fraction of sp³-hybridized carbons (Fsp3) is 0.667. The second kappa shape index (κ2) is 39.0. The number of phosphoric acid groups is 1. The first-order valence-corrected chi connectivity index (χ1v) is 24.0. The highest BCUT2D eigenvalue weighted by molar-refractivity contribution is 7.47. The van der Waals surface area contributed by atoms with Crippen molar-refractivity contribution in [2.45, 2.75) is 161 Å². The zero-order chi connectivity index (χ0) is 44.6. The Balaban J connectivity index is 4.61. The normalized spacial score (nSPS) is 15.4. The standard InChI is InChI=1S/C48H82NO10P/c1-6-8-10-11-12-13-14-15-16-17-18-19-23-26-32-39-48(53)59-46(43-58-60(54,55)57-41-40-49(3,4)5)42-56-47(52)38-33-27-31-37-45(51)36-30-25-22-20-21-24-29-35-44(50)34-28-9-7-2/h9,13-14,21-22,24-25,28-31,35-37,44-46,50-51H,6-8,10-12,15-20,23,26-27,32-34,38-43H2,1-5H3/p+1/b14-13-,24-21-,25-22-,28-9-,35-29+,36-30+,37-31-/t44-,45-,46-/m1/s1. The lowest BCUT2D eigenvalue weighted by molar-refractivity contribution is -0.870. The summed E-state index contributed by atoms with van der Waals surface area (Å²) in [6.07, 6.45) is 42.8. The summed E-state index contributed by atoms with van der Waals surface area (Å²) in [5, 5.41) is 20.0. The molecule has 60 heavy (non-hydrogen) atoms. The zero-order valence-electron chi connectivity index (χ0n) is 37.9. The van der Waals surface area contributed by atoms with Crippen molar-refractivity contribution in [3.8, 4) is 0 Å². The molecule has 344 valence electrons. The third kappa shape index (κ3) is 41.8. The Hall–Kier alpha value is -2.89. The van der Waals surface area contributed by atoms with Crippen LogP contribution in [0.5, 0.6) is 0 Å². The van der Waals surface area contributed by atoms with Gasteiger partial charge in [0.15, 0.2) is 6.10 Å². The topological polar surface area (TPSA) is 149 Å². The third-order valence-electron chi connectivity index (χ3n) is 9.08. The van der Waals surface area contributed by atoms with Crippen LogP contribution in [0.3, 0.4) is 0 Å². The highest BCUT2D eigenvalue weighted by Gasteiger charge is 2.27. The van der Waals surface area contributed by atoms with E-state index in [1.54, 1.807) is 30.4 Å². The Morgan fingerprint density at radius 3 is 1.88 bits per heavy atom. The maximum absolute atomic E-state index is 12.7. The summed E-state index contributed by atoms with van der Waals surface area (Å²) in [6, 6.07) is 0. The molecule has 0 aliphatic carbocycles. The third-order valence-corrected chi connectivity index (χ3v) is 10.1. The van der Waals surface area contributed by atoms with Gasteiger partial charge in [0, 0.05) is 12.8 Å². The molecule has 0 saturated carbocycles. The molecule has 0 amide bonds. The van der Waals surface area contributed by atoms with E-state index in [4.69, 9.17) is 18.5 Å². The summed E-state index contributed by atoms with van der Waals surface area (Å²) >= 11 is 0. The van der Waals surface area contributed by atoms with Crippen molar-refractivity contribution in [1.82, 2.24) is 0 Å². The van der Waals surface area contributed by atoms with Gasteiger partial charge < -0.3 is 29.1 Å². The van der Waals surface area contributed by atoms with Crippen LogP contribution in [0, 0.1) is 0 Å². The van der Waals surface area contributed by atoms with Gasteiger partial charge in [-0.25, -0.2) is 4.57 Å². The largest absolute Gasteiger partial charge is 0.472 e. The Morgan fingerprint density at radius 2 is 1.23 bits per heavy atom. The predicted molar refractivity (Wildman–Crippen MR) is 245 cm³/mol. The van der Waals surface area contributed by atoms with Crippen LogP contribution in [0.25, 0.3) is 0 Å². The first-order valence-electron chi connectivity index (χ1n) is 22.5. The van der Waals surface area contributed by atoms with Crippen LogP contribution < -0.4 is 0 Å². The summed E-state index contributed by atoms with van der Waals surface area (Å²) in [7, 11) is 1.35. The van der Waals surface area contributed by atoms with Gasteiger partial charge in [-0.2, -0.15) is 0 Å². The Morgan fingerprint density at radius 1 is 0.633 bits per heavy atom. The molecule has 0 aromatic rings. The quantitative estimate of drug-likeness (QED) is 0.0136. The molecule has 0 saturated heterocycles. The first-order chi connectivity index (χ1) is 28.8. The van der Waals surface area contributed by atoms with Crippen LogP contribution >= 0.6 is 7.82 Å². The van der Waals surface area contributed by atoms with Crippen molar-refractivity contribution in [1.29, 1.82) is 0 Å². The highest BCUT2D eigenvalue weighted by Crippen LogP contribution is 2.43. The van der Waals surface area contributed by atoms with Crippen molar-refractivity contribution in [3.63, 3.8) is 0 Å². The van der Waals surface area contributed by atoms with Gasteiger partial charge in [-0.1, -0.05) is 150 Å². The van der Waals surface area contributed by atoms with Crippen molar-refractivity contribution in [2.24, 2.45) is 0 Å². The average molecular weight is 865 g/mol. The summed E-state index contributed by atoms with van der Waals surface area (Å²) in [6.45, 7) is 3.97. The number of phosphoric ester groups is 1. The smallest absolute Gasteiger partial charge is 0.462 e. The molecule has 0 radical (unpaired) electrons. The molecule has 0 fully saturated rings. The number of aliphatic hydroxyl groups excluding tert-OH is 2. The van der Waals surface area contributed by atoms with Crippen molar-refractivity contribution in [3.05, 3.63) is 85.1 Å². The maximum Gasteiger partial charge on any atom is 0.472 e. The monoisotopic (exact) mass is 865 g/mol. The van der Waals surface area contributed by atoms with Crippen LogP contribution in [-0.4, -0.2) is 97.3 Å². The molecule has 0 bridgehead atoms. The van der Waals surface area contributed by atoms with Crippen LogP contribution in [0.2, 0.25) is 0 Å². The average Bonchev–Trinajstić information content (AvgIpc) is 3.19. The molecular formula is C48H83NO10P+. The number of aliphatic hydroxyl groups is 2. The lowest BCUT2D eigenvalue weighted by Crippen LogP contribution is -2.37. The highest BCUT2D eigenvalue weighted by atomic mass is 31.2. The molecule has 0 aliphatic heterocycles. The van der Waals surface area contributed by atoms with Gasteiger partial charge in [-0.05, 0) is 64.2 Å². The molecule has 4 atom stereocenters. The molecule has 0 rings (SSSR count). The van der Waals surface area contributed by atoms with Gasteiger partial charge in [-0.15, -0.1) is 0 Å². The fourth-order valence-electron chi connectivity index (χ4n) is 5.51. The summed E-state index contributed by atoms with van der Waals surface area (Å²) in [4.78, 5) is 35.4. The molecule has 1 unspecified atom stereocenters. The van der Waals surface area contributed by atoms with Crippen molar-refractivity contribution < 1.29 is 52.3 Å². The SMILES string of the molecule is CC/C=C\C[C@@H](O)/C=C/C=C\C/C=C\C=C\[C@@H](O)/C=C\CCCC(=O)OC[C@H](COP(=O)(O)OCC[N+](C)(C)C)OC(=O)CCCCCCCCC/C=C\CCCCCC. The lowest BCUT2D eigenvalue weighted by atomic mass is 10.1. The summed E-state index contributed by atoms with van der Waals surface area (Å²) < 4.78 is 34.1. The molecule has 12 heteroatoms. The Labute approximate surface area is 364 Å². The number of hydrogen-bond acceptors (Lipinski definition) is 9. The molecule has 0 aliphatic rings. The number of allylic oxidation sites excluding steroid dienone is 10. The molecule has 0 heterocycles. The first kappa shape index (κ1) is 57.1.